The molecule has 4 aliphatic carbocycles. The lowest BCUT2D eigenvalue weighted by Crippen LogP contribution is -2.66. The lowest BCUT2D eigenvalue weighted by atomic mass is 9.34. The predicted molar refractivity (Wildman–Crippen MR) is 139 cm³/mol. The number of aliphatic hydroxyl groups is 2. The van der Waals surface area contributed by atoms with Crippen molar-refractivity contribution in [3.63, 3.8) is 0 Å². The van der Waals surface area contributed by atoms with Gasteiger partial charge in [0, 0.05) is 0 Å². The minimum atomic E-state index is -0.706. The summed E-state index contributed by atoms with van der Waals surface area (Å²) in [5.41, 5.74) is 1.68. The van der Waals surface area contributed by atoms with Crippen LogP contribution < -0.4 is 0 Å². The fourth-order valence-corrected chi connectivity index (χ4v) is 10.5. The van der Waals surface area contributed by atoms with Crippen LogP contribution in [0.2, 0.25) is 0 Å². The third-order valence-electron chi connectivity index (χ3n) is 12.9. The summed E-state index contributed by atoms with van der Waals surface area (Å²) in [7, 11) is 0. The molecular weight excluding hydrogens is 404 g/mol. The van der Waals surface area contributed by atoms with Crippen LogP contribution in [0.5, 0.6) is 0 Å². The number of fused-ring (bicyclic) bond motifs is 5. The second-order valence-corrected chi connectivity index (χ2v) is 14.9. The maximum Gasteiger partial charge on any atom is 0.0654 e. The molecule has 0 spiro atoms. The highest BCUT2D eigenvalue weighted by Gasteiger charge is 2.71. The van der Waals surface area contributed by atoms with Gasteiger partial charge in [0.25, 0.3) is 0 Å². The highest BCUT2D eigenvalue weighted by atomic mass is 16.3. The first kappa shape index (κ1) is 25.7. The third kappa shape index (κ3) is 3.62. The Morgan fingerprint density at radius 2 is 1.58 bits per heavy atom. The van der Waals surface area contributed by atoms with E-state index in [2.05, 4.69) is 68.4 Å². The zero-order valence-electron chi connectivity index (χ0n) is 23.3. The molecule has 0 radical (unpaired) electrons. The summed E-state index contributed by atoms with van der Waals surface area (Å²) in [5.74, 6) is 2.54. The van der Waals surface area contributed by atoms with Gasteiger partial charge < -0.3 is 10.2 Å². The van der Waals surface area contributed by atoms with E-state index in [1.165, 1.54) is 31.3 Å². The first-order valence-electron chi connectivity index (χ1n) is 14.1. The first-order valence-corrected chi connectivity index (χ1v) is 14.1. The van der Waals surface area contributed by atoms with Crippen LogP contribution in [0.1, 0.15) is 120 Å². The minimum Gasteiger partial charge on any atom is -0.393 e. The Bertz CT molecular complexity index is 776. The summed E-state index contributed by atoms with van der Waals surface area (Å²) in [5, 5.41) is 23.5. The Kier molecular flexibility index (Phi) is 6.31. The highest BCUT2D eigenvalue weighted by molar-refractivity contribution is 5.19. The lowest BCUT2D eigenvalue weighted by molar-refractivity contribution is -0.240. The first-order chi connectivity index (χ1) is 15.1. The summed E-state index contributed by atoms with van der Waals surface area (Å²) < 4.78 is 0. The molecule has 2 N–H and O–H groups in total. The number of rotatable bonds is 4. The monoisotopic (exact) mass is 458 g/mol. The van der Waals surface area contributed by atoms with Crippen LogP contribution in [0.4, 0.5) is 0 Å². The Morgan fingerprint density at radius 1 is 0.939 bits per heavy atom. The van der Waals surface area contributed by atoms with Crippen LogP contribution in [0.25, 0.3) is 0 Å². The van der Waals surface area contributed by atoms with Crippen LogP contribution in [0.15, 0.2) is 11.6 Å². The van der Waals surface area contributed by atoms with Gasteiger partial charge >= 0.3 is 0 Å². The molecule has 33 heavy (non-hydrogen) atoms. The lowest BCUT2D eigenvalue weighted by Gasteiger charge is -2.70. The van der Waals surface area contributed by atoms with E-state index in [1.807, 2.05) is 0 Å². The molecule has 2 nitrogen and oxygen atoms in total. The molecular formula is C31H54O2. The van der Waals surface area contributed by atoms with Crippen molar-refractivity contribution >= 4 is 0 Å². The molecule has 4 rings (SSSR count). The van der Waals surface area contributed by atoms with Crippen LogP contribution >= 0.6 is 0 Å². The van der Waals surface area contributed by atoms with E-state index >= 15 is 0 Å². The second kappa shape index (κ2) is 8.09. The van der Waals surface area contributed by atoms with E-state index in [-0.39, 0.29) is 28.8 Å². The molecule has 4 fully saturated rings. The fraction of sp³-hybridized carbons (Fsp3) is 0.935. The quantitative estimate of drug-likeness (QED) is 0.422. The van der Waals surface area contributed by atoms with Gasteiger partial charge in [0.15, 0.2) is 0 Å². The summed E-state index contributed by atoms with van der Waals surface area (Å²) >= 11 is 0. The van der Waals surface area contributed by atoms with Crippen LogP contribution in [-0.4, -0.2) is 21.9 Å². The van der Waals surface area contributed by atoms with Crippen molar-refractivity contribution in [2.45, 2.75) is 132 Å². The third-order valence-corrected chi connectivity index (χ3v) is 12.9. The van der Waals surface area contributed by atoms with Crippen molar-refractivity contribution in [1.29, 1.82) is 0 Å². The fourth-order valence-electron chi connectivity index (χ4n) is 10.5. The maximum atomic E-state index is 11.8. The van der Waals surface area contributed by atoms with Crippen molar-refractivity contribution in [2.24, 2.45) is 51.2 Å². The van der Waals surface area contributed by atoms with Gasteiger partial charge in [-0.2, -0.15) is 0 Å². The Balaban J connectivity index is 1.66. The minimum absolute atomic E-state index is 0.113. The predicted octanol–water partition coefficient (Wildman–Crippen LogP) is 7.78. The number of allylic oxidation sites excluding steroid dienone is 2. The van der Waals surface area contributed by atoms with Gasteiger partial charge in [0.1, 0.15) is 0 Å². The van der Waals surface area contributed by atoms with Gasteiger partial charge in [-0.15, -0.1) is 0 Å². The summed E-state index contributed by atoms with van der Waals surface area (Å²) in [6, 6.07) is 0. The smallest absolute Gasteiger partial charge is 0.0654 e. The van der Waals surface area contributed by atoms with Gasteiger partial charge in [-0.1, -0.05) is 53.2 Å². The van der Waals surface area contributed by atoms with Gasteiger partial charge in [0.2, 0.25) is 0 Å². The summed E-state index contributed by atoms with van der Waals surface area (Å²) in [4.78, 5) is 0. The van der Waals surface area contributed by atoms with Crippen molar-refractivity contribution in [3.8, 4) is 0 Å². The van der Waals surface area contributed by atoms with Gasteiger partial charge in [0.05, 0.1) is 11.7 Å². The average Bonchev–Trinajstić information content (AvgIpc) is 3.08. The average molecular weight is 459 g/mol. The van der Waals surface area contributed by atoms with E-state index in [0.29, 0.717) is 16.7 Å². The van der Waals surface area contributed by atoms with Crippen LogP contribution in [0, 0.1) is 51.2 Å². The van der Waals surface area contributed by atoms with Crippen LogP contribution in [-0.2, 0) is 0 Å². The van der Waals surface area contributed by atoms with Crippen molar-refractivity contribution in [1.82, 2.24) is 0 Å². The molecule has 4 aliphatic rings. The van der Waals surface area contributed by atoms with E-state index in [1.54, 1.807) is 0 Å². The molecule has 4 saturated carbocycles. The normalized spacial score (nSPS) is 50.5. The van der Waals surface area contributed by atoms with Gasteiger partial charge in [-0.3, -0.25) is 0 Å². The van der Waals surface area contributed by atoms with Gasteiger partial charge in [-0.05, 0) is 130 Å². The molecule has 0 saturated heterocycles. The standard InChI is InChI=1S/C31H54O2/c1-20(2)11-10-15-31(9,33)22-13-17-30(8)26(22)23(32)19-25-28(6)16-12-21(3)27(4,5)24(28)14-18-29(25,30)7/h11,21-26,32-33H,10,12-19H2,1-9H3/t21?,22?,23?,24?,25?,26?,28?,29?,30-,31-/m1/s1. The van der Waals surface area contributed by atoms with E-state index in [9.17, 15) is 10.2 Å². The molecule has 0 amide bonds. The number of hydrogen-bond acceptors (Lipinski definition) is 2. The number of aliphatic hydroxyl groups excluding tert-OH is 1. The molecule has 2 heteroatoms. The zero-order valence-corrected chi connectivity index (χ0v) is 23.3. The van der Waals surface area contributed by atoms with Crippen LogP contribution in [0.3, 0.4) is 0 Å². The molecule has 0 heterocycles. The van der Waals surface area contributed by atoms with Crippen molar-refractivity contribution in [2.75, 3.05) is 0 Å². The molecule has 0 aliphatic heterocycles. The Morgan fingerprint density at radius 3 is 2.21 bits per heavy atom. The molecule has 0 aromatic carbocycles. The maximum absolute atomic E-state index is 11.8. The van der Waals surface area contributed by atoms with E-state index in [0.717, 1.165) is 43.9 Å². The number of hydrogen-bond donors (Lipinski definition) is 2. The Hall–Kier alpha value is -0.340. The molecule has 8 unspecified atom stereocenters. The largest absolute Gasteiger partial charge is 0.393 e. The molecule has 190 valence electrons. The van der Waals surface area contributed by atoms with Crippen molar-refractivity contribution in [3.05, 3.63) is 11.6 Å². The van der Waals surface area contributed by atoms with Gasteiger partial charge in [-0.25, -0.2) is 0 Å². The van der Waals surface area contributed by atoms with E-state index < -0.39 is 5.60 Å². The van der Waals surface area contributed by atoms with E-state index in [4.69, 9.17) is 0 Å². The Labute approximate surface area is 205 Å². The highest BCUT2D eigenvalue weighted by Crippen LogP contribution is 2.76. The molecule has 0 aromatic heterocycles. The molecule has 0 bridgehead atoms. The zero-order chi connectivity index (χ0) is 24.6. The molecule has 0 aromatic rings. The second-order valence-electron chi connectivity index (χ2n) is 14.9. The summed E-state index contributed by atoms with van der Waals surface area (Å²) in [6.07, 6.45) is 12.1. The topological polar surface area (TPSA) is 40.5 Å². The summed E-state index contributed by atoms with van der Waals surface area (Å²) in [6.45, 7) is 21.6. The molecule has 10 atom stereocenters. The van der Waals surface area contributed by atoms with Crippen molar-refractivity contribution < 1.29 is 10.2 Å². The SMILES string of the molecule is CC(C)=CCC[C@@](C)(O)C1CC[C@]2(C)C1C(O)CC1C3(C)CCC(C)C(C)(C)C3CCC12C.